The van der Waals surface area contributed by atoms with E-state index in [-0.39, 0.29) is 5.69 Å². The van der Waals surface area contributed by atoms with Gasteiger partial charge in [-0.15, -0.1) is 0 Å². The Morgan fingerprint density at radius 1 is 1.35 bits per heavy atom. The van der Waals surface area contributed by atoms with Crippen molar-refractivity contribution in [3.63, 3.8) is 0 Å². The van der Waals surface area contributed by atoms with Crippen molar-refractivity contribution >= 4 is 22.6 Å². The van der Waals surface area contributed by atoms with E-state index in [2.05, 4.69) is 4.40 Å². The Hall–Kier alpha value is -1.76. The normalized spacial score (nSPS) is 18.2. The second kappa shape index (κ2) is 5.32. The van der Waals surface area contributed by atoms with Gasteiger partial charge in [0.15, 0.2) is 0 Å². The quantitative estimate of drug-likeness (QED) is 0.620. The number of hydrogen-bond acceptors (Lipinski definition) is 4. The van der Waals surface area contributed by atoms with Gasteiger partial charge in [0.2, 0.25) is 5.90 Å². The topological polar surface area (TPSA) is 81.8 Å². The van der Waals surface area contributed by atoms with Crippen LogP contribution in [0.15, 0.2) is 22.6 Å². The molecule has 20 heavy (non-hydrogen) atoms. The summed E-state index contributed by atoms with van der Waals surface area (Å²) in [6.07, 6.45) is 1.09. The van der Waals surface area contributed by atoms with Crippen LogP contribution in [0.1, 0.15) is 32.8 Å². The van der Waals surface area contributed by atoms with E-state index in [0.717, 1.165) is 5.56 Å². The van der Waals surface area contributed by atoms with Crippen LogP contribution in [0.25, 0.3) is 0 Å². The maximum absolute atomic E-state index is 11.9. The van der Waals surface area contributed by atoms with Gasteiger partial charge in [-0.2, -0.15) is 4.40 Å². The van der Waals surface area contributed by atoms with Gasteiger partial charge in [0, 0.05) is 24.1 Å². The molecule has 0 bridgehead atoms. The van der Waals surface area contributed by atoms with E-state index in [9.17, 15) is 14.3 Å². The maximum atomic E-state index is 11.9. The van der Waals surface area contributed by atoms with Crippen molar-refractivity contribution in [1.29, 1.82) is 0 Å². The van der Waals surface area contributed by atoms with Gasteiger partial charge in [0.25, 0.3) is 5.69 Å². The lowest BCUT2D eigenvalue weighted by molar-refractivity contribution is -0.384. The zero-order valence-corrected chi connectivity index (χ0v) is 12.4. The van der Waals surface area contributed by atoms with Gasteiger partial charge in [-0.3, -0.25) is 10.1 Å². The van der Waals surface area contributed by atoms with Crippen molar-refractivity contribution in [1.82, 2.24) is 0 Å². The van der Waals surface area contributed by atoms with Crippen molar-refractivity contribution in [3.05, 3.63) is 33.9 Å². The SMILES string of the molecule is CC(C)(C)[S@@](=O)N=C1CCc2cc([N+](=O)[O-])ccc2O1. The van der Waals surface area contributed by atoms with Crippen molar-refractivity contribution in [2.75, 3.05) is 0 Å². The highest BCUT2D eigenvalue weighted by molar-refractivity contribution is 7.85. The van der Waals surface area contributed by atoms with Crippen molar-refractivity contribution in [2.24, 2.45) is 4.40 Å². The summed E-state index contributed by atoms with van der Waals surface area (Å²) in [6.45, 7) is 5.52. The Labute approximate surface area is 119 Å². The molecule has 0 unspecified atom stereocenters. The molecule has 0 spiro atoms. The van der Waals surface area contributed by atoms with Crippen molar-refractivity contribution in [3.8, 4) is 5.75 Å². The van der Waals surface area contributed by atoms with Crippen LogP contribution < -0.4 is 4.74 Å². The molecule has 1 aliphatic rings. The lowest BCUT2D eigenvalue weighted by atomic mass is 10.1. The highest BCUT2D eigenvalue weighted by Crippen LogP contribution is 2.29. The van der Waals surface area contributed by atoms with Gasteiger partial charge >= 0.3 is 0 Å². The summed E-state index contributed by atoms with van der Waals surface area (Å²) in [5.41, 5.74) is 0.825. The fraction of sp³-hybridized carbons (Fsp3) is 0.462. The summed E-state index contributed by atoms with van der Waals surface area (Å²) >= 11 is 0. The molecule has 0 radical (unpaired) electrons. The number of benzene rings is 1. The molecule has 2 rings (SSSR count). The maximum Gasteiger partial charge on any atom is 0.269 e. The van der Waals surface area contributed by atoms with Gasteiger partial charge in [-0.25, -0.2) is 4.21 Å². The van der Waals surface area contributed by atoms with Crippen LogP contribution in [-0.2, 0) is 17.4 Å². The fourth-order valence-corrected chi connectivity index (χ4v) is 2.27. The average molecular weight is 296 g/mol. The van der Waals surface area contributed by atoms with Gasteiger partial charge in [0.05, 0.1) is 9.67 Å². The zero-order valence-electron chi connectivity index (χ0n) is 11.6. The molecule has 1 atom stereocenters. The molecular weight excluding hydrogens is 280 g/mol. The van der Waals surface area contributed by atoms with Crippen LogP contribution in [0, 0.1) is 10.1 Å². The predicted molar refractivity (Wildman–Crippen MR) is 77.4 cm³/mol. The Kier molecular flexibility index (Phi) is 3.89. The molecule has 1 aromatic rings. The summed E-state index contributed by atoms with van der Waals surface area (Å²) in [6, 6.07) is 4.46. The van der Waals surface area contributed by atoms with E-state index in [4.69, 9.17) is 4.74 Å². The molecule has 1 aliphatic heterocycles. The number of rotatable bonds is 2. The minimum Gasteiger partial charge on any atom is -0.442 e. The zero-order chi connectivity index (χ0) is 14.9. The van der Waals surface area contributed by atoms with Crippen LogP contribution in [0.3, 0.4) is 0 Å². The summed E-state index contributed by atoms with van der Waals surface area (Å²) in [7, 11) is -1.37. The van der Waals surface area contributed by atoms with Gasteiger partial charge in [-0.05, 0) is 33.3 Å². The lowest BCUT2D eigenvalue weighted by Crippen LogP contribution is -2.24. The molecule has 6 nitrogen and oxygen atoms in total. The van der Waals surface area contributed by atoms with Gasteiger partial charge in [0.1, 0.15) is 16.7 Å². The molecule has 0 fully saturated rings. The molecule has 7 heteroatoms. The summed E-state index contributed by atoms with van der Waals surface area (Å²) in [5, 5.41) is 10.7. The Morgan fingerprint density at radius 2 is 2.05 bits per heavy atom. The first-order valence-electron chi connectivity index (χ1n) is 6.22. The smallest absolute Gasteiger partial charge is 0.269 e. The van der Waals surface area contributed by atoms with E-state index in [0.29, 0.717) is 24.5 Å². The lowest BCUT2D eigenvalue weighted by Gasteiger charge is -2.20. The molecule has 0 amide bonds. The predicted octanol–water partition coefficient (Wildman–Crippen LogP) is 2.78. The number of nitro groups is 1. The number of hydrogen-bond donors (Lipinski definition) is 0. The van der Waals surface area contributed by atoms with Crippen LogP contribution in [0.4, 0.5) is 5.69 Å². The van der Waals surface area contributed by atoms with E-state index in [1.165, 1.54) is 12.1 Å². The second-order valence-corrected chi connectivity index (χ2v) is 7.40. The molecule has 1 aromatic carbocycles. The number of aryl methyl sites for hydroxylation is 1. The average Bonchev–Trinajstić information content (AvgIpc) is 2.36. The van der Waals surface area contributed by atoms with E-state index < -0.39 is 20.7 Å². The fourth-order valence-electron chi connectivity index (χ4n) is 1.69. The van der Waals surface area contributed by atoms with Crippen molar-refractivity contribution in [2.45, 2.75) is 38.4 Å². The number of nitrogens with zero attached hydrogens (tertiary/aromatic N) is 2. The highest BCUT2D eigenvalue weighted by Gasteiger charge is 2.23. The molecule has 0 saturated heterocycles. The first kappa shape index (κ1) is 14.6. The monoisotopic (exact) mass is 296 g/mol. The Bertz CT molecular complexity index is 605. The Morgan fingerprint density at radius 3 is 2.65 bits per heavy atom. The molecule has 0 N–H and O–H groups in total. The minimum atomic E-state index is -1.37. The van der Waals surface area contributed by atoms with Crippen LogP contribution in [0.5, 0.6) is 5.75 Å². The van der Waals surface area contributed by atoms with Crippen LogP contribution >= 0.6 is 0 Å². The minimum absolute atomic E-state index is 0.0472. The van der Waals surface area contributed by atoms with Crippen LogP contribution in [-0.4, -0.2) is 19.8 Å². The third-order valence-corrected chi connectivity index (χ3v) is 4.22. The largest absolute Gasteiger partial charge is 0.442 e. The Balaban J connectivity index is 2.22. The molecule has 0 saturated carbocycles. The highest BCUT2D eigenvalue weighted by atomic mass is 32.2. The number of non-ortho nitro benzene ring substituents is 1. The van der Waals surface area contributed by atoms with Gasteiger partial charge < -0.3 is 4.74 Å². The molecule has 0 aromatic heterocycles. The van der Waals surface area contributed by atoms with Crippen molar-refractivity contribution < 1.29 is 13.9 Å². The summed E-state index contributed by atoms with van der Waals surface area (Å²) in [4.78, 5) is 10.3. The molecule has 0 aliphatic carbocycles. The van der Waals surface area contributed by atoms with E-state index in [1.54, 1.807) is 6.07 Å². The first-order chi connectivity index (χ1) is 9.27. The number of nitro benzene ring substituents is 1. The van der Waals surface area contributed by atoms with Crippen LogP contribution in [0.2, 0.25) is 0 Å². The molecule has 108 valence electrons. The number of ether oxygens (including phenoxy) is 1. The second-order valence-electron chi connectivity index (χ2n) is 5.50. The standard InChI is InChI=1S/C13H16N2O4S/c1-13(2,3)20(18)14-12-7-4-9-8-10(15(16)17)5-6-11(9)19-12/h5-6,8H,4,7H2,1-3H3/t20-/m1/s1. The first-order valence-corrected chi connectivity index (χ1v) is 7.33. The summed E-state index contributed by atoms with van der Waals surface area (Å²) < 4.78 is 21.2. The molecule has 1 heterocycles. The third-order valence-electron chi connectivity index (χ3n) is 2.80. The van der Waals surface area contributed by atoms with Gasteiger partial charge in [-0.1, -0.05) is 0 Å². The summed E-state index contributed by atoms with van der Waals surface area (Å²) in [5.74, 6) is 0.964. The van der Waals surface area contributed by atoms with E-state index in [1.807, 2.05) is 20.8 Å². The number of fused-ring (bicyclic) bond motifs is 1. The third kappa shape index (κ3) is 3.22. The van der Waals surface area contributed by atoms with E-state index >= 15 is 0 Å². The molecular formula is C13H16N2O4S.